The number of aromatic nitrogens is 2. The van der Waals surface area contributed by atoms with Crippen LogP contribution in [0.4, 0.5) is 0 Å². The van der Waals surface area contributed by atoms with Crippen LogP contribution in [0.25, 0.3) is 0 Å². The standard InChI is InChI=1S/C18H24N4O2/c1-14(23)21-8-9-22(12-15-10-19-20(2)11-15)17(13-21)16-6-4-5-7-18(16)24-3/h4-7,10-11,17H,8-9,12-13H2,1-3H3. The van der Waals surface area contributed by atoms with E-state index in [2.05, 4.69) is 16.1 Å². The molecule has 1 aliphatic rings. The molecule has 0 radical (unpaired) electrons. The van der Waals surface area contributed by atoms with Crippen molar-refractivity contribution in [2.24, 2.45) is 7.05 Å². The van der Waals surface area contributed by atoms with Crippen molar-refractivity contribution in [3.05, 3.63) is 47.8 Å². The fourth-order valence-electron chi connectivity index (χ4n) is 3.32. The molecule has 0 saturated carbocycles. The maximum atomic E-state index is 11.9. The van der Waals surface area contributed by atoms with Crippen molar-refractivity contribution in [2.75, 3.05) is 26.7 Å². The molecule has 128 valence electrons. The zero-order valence-electron chi connectivity index (χ0n) is 14.5. The van der Waals surface area contributed by atoms with Crippen molar-refractivity contribution in [1.82, 2.24) is 19.6 Å². The maximum Gasteiger partial charge on any atom is 0.219 e. The van der Waals surface area contributed by atoms with Crippen LogP contribution < -0.4 is 4.74 Å². The van der Waals surface area contributed by atoms with Gasteiger partial charge >= 0.3 is 0 Å². The Morgan fingerprint density at radius 1 is 1.33 bits per heavy atom. The molecular formula is C18H24N4O2. The number of hydrogen-bond acceptors (Lipinski definition) is 4. The van der Waals surface area contributed by atoms with Gasteiger partial charge in [0.05, 0.1) is 19.3 Å². The van der Waals surface area contributed by atoms with E-state index in [9.17, 15) is 4.79 Å². The van der Waals surface area contributed by atoms with Crippen LogP contribution in [0.5, 0.6) is 5.75 Å². The van der Waals surface area contributed by atoms with Crippen LogP contribution in [0.15, 0.2) is 36.7 Å². The molecule has 6 heteroatoms. The highest BCUT2D eigenvalue weighted by Crippen LogP contribution is 2.33. The molecule has 0 N–H and O–H groups in total. The zero-order chi connectivity index (χ0) is 17.1. The van der Waals surface area contributed by atoms with E-state index in [1.807, 2.05) is 47.2 Å². The van der Waals surface area contributed by atoms with Gasteiger partial charge in [-0.3, -0.25) is 14.4 Å². The smallest absolute Gasteiger partial charge is 0.219 e. The van der Waals surface area contributed by atoms with Gasteiger partial charge in [0.1, 0.15) is 5.75 Å². The molecule has 0 spiro atoms. The van der Waals surface area contributed by atoms with Crippen molar-refractivity contribution >= 4 is 5.91 Å². The highest BCUT2D eigenvalue weighted by atomic mass is 16.5. The molecule has 3 rings (SSSR count). The first-order chi connectivity index (χ1) is 11.6. The van der Waals surface area contributed by atoms with E-state index in [-0.39, 0.29) is 11.9 Å². The number of piperazine rings is 1. The minimum atomic E-state index is 0.110. The zero-order valence-corrected chi connectivity index (χ0v) is 14.5. The van der Waals surface area contributed by atoms with E-state index in [0.717, 1.165) is 30.9 Å². The van der Waals surface area contributed by atoms with Gasteiger partial charge in [0.25, 0.3) is 0 Å². The minimum absolute atomic E-state index is 0.110. The summed E-state index contributed by atoms with van der Waals surface area (Å²) < 4.78 is 7.37. The van der Waals surface area contributed by atoms with Crippen molar-refractivity contribution in [3.63, 3.8) is 0 Å². The number of nitrogens with zero attached hydrogens (tertiary/aromatic N) is 4. The van der Waals surface area contributed by atoms with E-state index < -0.39 is 0 Å². The number of para-hydroxylation sites is 1. The Bertz CT molecular complexity index is 713. The predicted molar refractivity (Wildman–Crippen MR) is 91.6 cm³/mol. The topological polar surface area (TPSA) is 50.6 Å². The second-order valence-electron chi connectivity index (χ2n) is 6.22. The number of rotatable bonds is 4. The van der Waals surface area contributed by atoms with Gasteiger partial charge in [-0.05, 0) is 6.07 Å². The number of carbonyl (C=O) groups excluding carboxylic acids is 1. The Kier molecular flexibility index (Phi) is 4.85. The molecule has 1 amide bonds. The number of amides is 1. The Morgan fingerprint density at radius 2 is 2.12 bits per heavy atom. The summed E-state index contributed by atoms with van der Waals surface area (Å²) in [4.78, 5) is 16.2. The summed E-state index contributed by atoms with van der Waals surface area (Å²) in [5.41, 5.74) is 2.29. The summed E-state index contributed by atoms with van der Waals surface area (Å²) >= 11 is 0. The molecule has 1 fully saturated rings. The minimum Gasteiger partial charge on any atom is -0.496 e. The second kappa shape index (κ2) is 7.05. The molecule has 24 heavy (non-hydrogen) atoms. The van der Waals surface area contributed by atoms with Crippen molar-refractivity contribution in [2.45, 2.75) is 19.5 Å². The normalized spacial score (nSPS) is 18.6. The molecule has 0 bridgehead atoms. The van der Waals surface area contributed by atoms with E-state index in [1.165, 1.54) is 5.56 Å². The Balaban J connectivity index is 1.89. The third-order valence-electron chi connectivity index (χ3n) is 4.58. The van der Waals surface area contributed by atoms with Crippen LogP contribution in [0, 0.1) is 0 Å². The Morgan fingerprint density at radius 3 is 2.79 bits per heavy atom. The van der Waals surface area contributed by atoms with E-state index in [1.54, 1.807) is 14.0 Å². The van der Waals surface area contributed by atoms with Crippen LogP contribution in [0.3, 0.4) is 0 Å². The van der Waals surface area contributed by atoms with Crippen LogP contribution in [-0.2, 0) is 18.4 Å². The summed E-state index contributed by atoms with van der Waals surface area (Å²) in [6.07, 6.45) is 3.94. The SMILES string of the molecule is COc1ccccc1C1CN(C(C)=O)CCN1Cc1cnn(C)c1. The third-order valence-corrected chi connectivity index (χ3v) is 4.58. The molecule has 2 aromatic rings. The quantitative estimate of drug-likeness (QED) is 0.859. The fourth-order valence-corrected chi connectivity index (χ4v) is 3.32. The van der Waals surface area contributed by atoms with Gasteiger partial charge in [-0.2, -0.15) is 5.10 Å². The molecule has 1 aromatic heterocycles. The third kappa shape index (κ3) is 3.43. The molecule has 2 heterocycles. The van der Waals surface area contributed by atoms with E-state index in [0.29, 0.717) is 6.54 Å². The van der Waals surface area contributed by atoms with Crippen LogP contribution in [0.2, 0.25) is 0 Å². The molecular weight excluding hydrogens is 304 g/mol. The van der Waals surface area contributed by atoms with Gasteiger partial charge in [0, 0.05) is 57.5 Å². The number of carbonyl (C=O) groups is 1. The molecule has 1 atom stereocenters. The molecule has 1 saturated heterocycles. The van der Waals surface area contributed by atoms with Crippen LogP contribution in [0.1, 0.15) is 24.1 Å². The lowest BCUT2D eigenvalue weighted by molar-refractivity contribution is -0.132. The Hall–Kier alpha value is -2.34. The van der Waals surface area contributed by atoms with E-state index >= 15 is 0 Å². The summed E-state index contributed by atoms with van der Waals surface area (Å²) in [6.45, 7) is 4.70. The Labute approximate surface area is 142 Å². The molecule has 1 unspecified atom stereocenters. The van der Waals surface area contributed by atoms with Gasteiger partial charge < -0.3 is 9.64 Å². The van der Waals surface area contributed by atoms with Crippen molar-refractivity contribution in [3.8, 4) is 5.75 Å². The highest BCUT2D eigenvalue weighted by Gasteiger charge is 2.31. The van der Waals surface area contributed by atoms with Crippen molar-refractivity contribution < 1.29 is 9.53 Å². The molecule has 6 nitrogen and oxygen atoms in total. The first kappa shape index (κ1) is 16.5. The number of hydrogen-bond donors (Lipinski definition) is 0. The highest BCUT2D eigenvalue weighted by molar-refractivity contribution is 5.73. The average Bonchev–Trinajstić information content (AvgIpc) is 3.00. The summed E-state index contributed by atoms with van der Waals surface area (Å²) in [5.74, 6) is 0.986. The first-order valence-corrected chi connectivity index (χ1v) is 8.18. The fraction of sp³-hybridized carbons (Fsp3) is 0.444. The summed E-state index contributed by atoms with van der Waals surface area (Å²) in [5, 5.41) is 4.26. The van der Waals surface area contributed by atoms with Gasteiger partial charge in [0.2, 0.25) is 5.91 Å². The molecule has 1 aliphatic heterocycles. The van der Waals surface area contributed by atoms with Crippen LogP contribution >= 0.6 is 0 Å². The lowest BCUT2D eigenvalue weighted by Crippen LogP contribution is -2.49. The van der Waals surface area contributed by atoms with Gasteiger partial charge in [-0.1, -0.05) is 18.2 Å². The number of methoxy groups -OCH3 is 1. The van der Waals surface area contributed by atoms with Crippen molar-refractivity contribution in [1.29, 1.82) is 0 Å². The first-order valence-electron chi connectivity index (χ1n) is 8.18. The molecule has 1 aromatic carbocycles. The number of aryl methyl sites for hydroxylation is 1. The van der Waals surface area contributed by atoms with E-state index in [4.69, 9.17) is 4.74 Å². The lowest BCUT2D eigenvalue weighted by Gasteiger charge is -2.41. The molecule has 0 aliphatic carbocycles. The predicted octanol–water partition coefficient (Wildman–Crippen LogP) is 1.83. The maximum absolute atomic E-state index is 11.9. The number of benzene rings is 1. The summed E-state index contributed by atoms with van der Waals surface area (Å²) in [7, 11) is 3.62. The monoisotopic (exact) mass is 328 g/mol. The largest absolute Gasteiger partial charge is 0.496 e. The average molecular weight is 328 g/mol. The van der Waals surface area contributed by atoms with Gasteiger partial charge in [-0.15, -0.1) is 0 Å². The van der Waals surface area contributed by atoms with Crippen LogP contribution in [-0.4, -0.2) is 52.2 Å². The number of ether oxygens (including phenoxy) is 1. The van der Waals surface area contributed by atoms with Gasteiger partial charge in [0.15, 0.2) is 0 Å². The second-order valence-corrected chi connectivity index (χ2v) is 6.22. The lowest BCUT2D eigenvalue weighted by atomic mass is 10.0. The van der Waals surface area contributed by atoms with Gasteiger partial charge in [-0.25, -0.2) is 0 Å². The summed E-state index contributed by atoms with van der Waals surface area (Å²) in [6, 6.07) is 8.17.